The lowest BCUT2D eigenvalue weighted by Gasteiger charge is -2.12. The van der Waals surface area contributed by atoms with Crippen molar-refractivity contribution in [3.05, 3.63) is 59.7 Å². The lowest BCUT2D eigenvalue weighted by molar-refractivity contribution is 0.679. The summed E-state index contributed by atoms with van der Waals surface area (Å²) >= 11 is 0. The van der Waals surface area contributed by atoms with Crippen LogP contribution < -0.4 is 5.73 Å². The highest BCUT2D eigenvalue weighted by Gasteiger charge is 2.26. The van der Waals surface area contributed by atoms with Gasteiger partial charge in [0.15, 0.2) is 0 Å². The summed E-state index contributed by atoms with van der Waals surface area (Å²) in [6.07, 6.45) is 2.25. The first kappa shape index (κ1) is 10.5. The Bertz CT molecular complexity index is 485. The molecule has 0 fully saturated rings. The number of hydrogen-bond acceptors (Lipinski definition) is 1. The SMILES string of the molecule is NCCCC1c2ccccc2-c2ccccc21. The number of rotatable bonds is 3. The molecule has 0 aliphatic heterocycles. The van der Waals surface area contributed by atoms with Crippen LogP contribution in [0, 0.1) is 0 Å². The summed E-state index contributed by atoms with van der Waals surface area (Å²) in [4.78, 5) is 0. The van der Waals surface area contributed by atoms with Crippen molar-refractivity contribution < 1.29 is 0 Å². The molecule has 1 heteroatoms. The van der Waals surface area contributed by atoms with E-state index in [1.807, 2.05) is 0 Å². The molecule has 1 aliphatic rings. The van der Waals surface area contributed by atoms with Crippen LogP contribution in [0.4, 0.5) is 0 Å². The topological polar surface area (TPSA) is 26.0 Å². The van der Waals surface area contributed by atoms with Crippen LogP contribution in [0.25, 0.3) is 11.1 Å². The molecule has 0 saturated heterocycles. The fraction of sp³-hybridized carbons (Fsp3) is 0.250. The van der Waals surface area contributed by atoms with Crippen molar-refractivity contribution >= 4 is 0 Å². The van der Waals surface area contributed by atoms with Crippen molar-refractivity contribution in [2.24, 2.45) is 5.73 Å². The number of fused-ring (bicyclic) bond motifs is 3. The Labute approximate surface area is 102 Å². The van der Waals surface area contributed by atoms with Crippen LogP contribution in [0.5, 0.6) is 0 Å². The van der Waals surface area contributed by atoms with Crippen LogP contribution in [0.2, 0.25) is 0 Å². The molecule has 0 amide bonds. The van der Waals surface area contributed by atoms with Gasteiger partial charge in [0.05, 0.1) is 0 Å². The second kappa shape index (κ2) is 4.34. The van der Waals surface area contributed by atoms with Crippen LogP contribution in [0.3, 0.4) is 0 Å². The van der Waals surface area contributed by atoms with Gasteiger partial charge in [0.1, 0.15) is 0 Å². The van der Waals surface area contributed by atoms with Crippen LogP contribution in [-0.2, 0) is 0 Å². The first-order valence-electron chi connectivity index (χ1n) is 6.30. The Balaban J connectivity index is 2.10. The van der Waals surface area contributed by atoms with Gasteiger partial charge in [-0.05, 0) is 41.6 Å². The zero-order valence-electron chi connectivity index (χ0n) is 9.89. The highest BCUT2D eigenvalue weighted by Crippen LogP contribution is 2.46. The first-order chi connectivity index (χ1) is 8.42. The lowest BCUT2D eigenvalue weighted by Crippen LogP contribution is -2.03. The van der Waals surface area contributed by atoms with Crippen molar-refractivity contribution in [1.29, 1.82) is 0 Å². The predicted molar refractivity (Wildman–Crippen MR) is 72.0 cm³/mol. The van der Waals surface area contributed by atoms with Gasteiger partial charge in [-0.1, -0.05) is 48.5 Å². The van der Waals surface area contributed by atoms with Gasteiger partial charge in [0.25, 0.3) is 0 Å². The van der Waals surface area contributed by atoms with Gasteiger partial charge in [-0.3, -0.25) is 0 Å². The second-order valence-electron chi connectivity index (χ2n) is 4.66. The Hall–Kier alpha value is -1.60. The van der Waals surface area contributed by atoms with Crippen molar-refractivity contribution in [3.8, 4) is 11.1 Å². The minimum absolute atomic E-state index is 0.547. The molecule has 0 aromatic heterocycles. The van der Waals surface area contributed by atoms with E-state index in [2.05, 4.69) is 48.5 Å². The van der Waals surface area contributed by atoms with Crippen molar-refractivity contribution in [2.45, 2.75) is 18.8 Å². The summed E-state index contributed by atoms with van der Waals surface area (Å²) in [6.45, 7) is 0.779. The highest BCUT2D eigenvalue weighted by molar-refractivity contribution is 5.78. The zero-order valence-corrected chi connectivity index (χ0v) is 9.89. The molecular weight excluding hydrogens is 206 g/mol. The van der Waals surface area contributed by atoms with E-state index in [4.69, 9.17) is 5.73 Å². The highest BCUT2D eigenvalue weighted by atomic mass is 14.5. The fourth-order valence-corrected chi connectivity index (χ4v) is 2.89. The maximum absolute atomic E-state index is 5.65. The molecule has 0 unspecified atom stereocenters. The molecule has 0 heterocycles. The smallest absolute Gasteiger partial charge is 0.0102 e. The molecule has 2 aromatic rings. The van der Waals surface area contributed by atoms with E-state index in [1.165, 1.54) is 22.3 Å². The first-order valence-corrected chi connectivity index (χ1v) is 6.30. The maximum atomic E-state index is 5.65. The standard InChI is InChI=1S/C16H17N/c17-11-5-10-16-14-8-3-1-6-12(14)13-7-2-4-9-15(13)16/h1-4,6-9,16H,5,10-11,17H2. The molecule has 2 aromatic carbocycles. The number of hydrogen-bond donors (Lipinski definition) is 1. The Kier molecular flexibility index (Phi) is 2.69. The van der Waals surface area contributed by atoms with E-state index in [0.717, 1.165) is 19.4 Å². The van der Waals surface area contributed by atoms with E-state index in [-0.39, 0.29) is 0 Å². The van der Waals surface area contributed by atoms with Gasteiger partial charge < -0.3 is 5.73 Å². The van der Waals surface area contributed by atoms with Crippen molar-refractivity contribution in [2.75, 3.05) is 6.54 Å². The summed E-state index contributed by atoms with van der Waals surface area (Å²) < 4.78 is 0. The molecule has 2 N–H and O–H groups in total. The second-order valence-corrected chi connectivity index (χ2v) is 4.66. The average molecular weight is 223 g/mol. The number of nitrogens with two attached hydrogens (primary N) is 1. The maximum Gasteiger partial charge on any atom is 0.0102 e. The minimum Gasteiger partial charge on any atom is -0.330 e. The van der Waals surface area contributed by atoms with E-state index in [0.29, 0.717) is 5.92 Å². The third kappa shape index (κ3) is 1.67. The predicted octanol–water partition coefficient (Wildman–Crippen LogP) is 3.54. The summed E-state index contributed by atoms with van der Waals surface area (Å²) in [5.74, 6) is 0.547. The van der Waals surface area contributed by atoms with E-state index in [1.54, 1.807) is 0 Å². The van der Waals surface area contributed by atoms with Gasteiger partial charge in [-0.15, -0.1) is 0 Å². The summed E-state index contributed by atoms with van der Waals surface area (Å²) in [6, 6.07) is 17.5. The quantitative estimate of drug-likeness (QED) is 0.846. The molecule has 0 radical (unpaired) electrons. The average Bonchev–Trinajstić information content (AvgIpc) is 2.71. The van der Waals surface area contributed by atoms with Gasteiger partial charge in [0.2, 0.25) is 0 Å². The summed E-state index contributed by atoms with van der Waals surface area (Å²) in [7, 11) is 0. The lowest BCUT2D eigenvalue weighted by atomic mass is 9.92. The summed E-state index contributed by atoms with van der Waals surface area (Å²) in [5, 5.41) is 0. The third-order valence-corrected chi connectivity index (χ3v) is 3.66. The minimum atomic E-state index is 0.547. The molecule has 0 atom stereocenters. The van der Waals surface area contributed by atoms with Gasteiger partial charge in [0, 0.05) is 5.92 Å². The Morgan fingerprint density at radius 1 is 0.824 bits per heavy atom. The normalized spacial score (nSPS) is 13.5. The largest absolute Gasteiger partial charge is 0.330 e. The molecule has 1 aliphatic carbocycles. The van der Waals surface area contributed by atoms with Gasteiger partial charge in [-0.25, -0.2) is 0 Å². The number of benzene rings is 2. The monoisotopic (exact) mass is 223 g/mol. The van der Waals surface area contributed by atoms with Crippen molar-refractivity contribution in [1.82, 2.24) is 0 Å². The molecule has 1 nitrogen and oxygen atoms in total. The van der Waals surface area contributed by atoms with Gasteiger partial charge in [-0.2, -0.15) is 0 Å². The van der Waals surface area contributed by atoms with Crippen LogP contribution >= 0.6 is 0 Å². The molecular formula is C16H17N. The Morgan fingerprint density at radius 2 is 1.35 bits per heavy atom. The van der Waals surface area contributed by atoms with Crippen LogP contribution in [-0.4, -0.2) is 6.54 Å². The van der Waals surface area contributed by atoms with Crippen molar-refractivity contribution in [3.63, 3.8) is 0 Å². The molecule has 0 bridgehead atoms. The summed E-state index contributed by atoms with van der Waals surface area (Å²) in [5.41, 5.74) is 11.4. The molecule has 17 heavy (non-hydrogen) atoms. The van der Waals surface area contributed by atoms with E-state index >= 15 is 0 Å². The van der Waals surface area contributed by atoms with Gasteiger partial charge >= 0.3 is 0 Å². The molecule has 0 saturated carbocycles. The molecule has 0 spiro atoms. The third-order valence-electron chi connectivity index (χ3n) is 3.66. The van der Waals surface area contributed by atoms with E-state index < -0.39 is 0 Å². The van der Waals surface area contributed by atoms with Crippen LogP contribution in [0.15, 0.2) is 48.5 Å². The van der Waals surface area contributed by atoms with E-state index in [9.17, 15) is 0 Å². The zero-order chi connectivity index (χ0) is 11.7. The molecule has 86 valence electrons. The van der Waals surface area contributed by atoms with Crippen LogP contribution in [0.1, 0.15) is 29.9 Å². The molecule has 3 rings (SSSR count). The Morgan fingerprint density at radius 3 is 1.88 bits per heavy atom. The fourth-order valence-electron chi connectivity index (χ4n) is 2.89.